The van der Waals surface area contributed by atoms with Gasteiger partial charge in [0.05, 0.1) is 11.5 Å². The minimum absolute atomic E-state index is 0.0695. The molecule has 0 fully saturated rings. The second-order valence-electron chi connectivity index (χ2n) is 11.3. The summed E-state index contributed by atoms with van der Waals surface area (Å²) in [7, 11) is 0. The van der Waals surface area contributed by atoms with Gasteiger partial charge < -0.3 is 5.11 Å². The first kappa shape index (κ1) is 32.2. The van der Waals surface area contributed by atoms with E-state index in [4.69, 9.17) is 0 Å². The molecule has 41 heavy (non-hydrogen) atoms. The largest absolute Gasteiger partial charge is 0.481 e. The molecule has 1 atom stereocenters. The van der Waals surface area contributed by atoms with Crippen LogP contribution in [0.25, 0.3) is 11.1 Å². The Kier molecular flexibility index (Phi) is 10.6. The van der Waals surface area contributed by atoms with E-state index in [2.05, 4.69) is 0 Å². The van der Waals surface area contributed by atoms with Crippen LogP contribution in [0.4, 0.5) is 26.3 Å². The molecule has 0 aliphatic carbocycles. The van der Waals surface area contributed by atoms with Crippen molar-refractivity contribution < 1.29 is 36.2 Å². The number of rotatable bonds is 12. The van der Waals surface area contributed by atoms with Crippen LogP contribution in [-0.4, -0.2) is 22.5 Å². The molecular weight excluding hydrogens is 544 g/mol. The first-order valence-corrected chi connectivity index (χ1v) is 13.5. The maximum absolute atomic E-state index is 13.9. The maximum atomic E-state index is 13.9. The fourth-order valence-electron chi connectivity index (χ4n) is 4.75. The van der Waals surface area contributed by atoms with Crippen LogP contribution < -0.4 is 0 Å². The number of carbonyl (C=O) groups is 1. The Hall–Kier alpha value is -3.33. The summed E-state index contributed by atoms with van der Waals surface area (Å²) in [6, 6.07) is 11.8. The zero-order chi connectivity index (χ0) is 30.5. The van der Waals surface area contributed by atoms with E-state index in [9.17, 15) is 36.2 Å². The van der Waals surface area contributed by atoms with Gasteiger partial charge in [0.25, 0.3) is 0 Å². The van der Waals surface area contributed by atoms with Crippen LogP contribution >= 0.6 is 0 Å². The average molecular weight is 580 g/mol. The molecule has 0 bridgehead atoms. The van der Waals surface area contributed by atoms with Crippen LogP contribution in [0.5, 0.6) is 0 Å². The van der Waals surface area contributed by atoms with Gasteiger partial charge in [-0.2, -0.15) is 13.2 Å². The molecule has 0 aliphatic rings. The number of hydrogen-bond acceptors (Lipinski definition) is 2. The van der Waals surface area contributed by atoms with Gasteiger partial charge in [-0.25, -0.2) is 13.2 Å². The van der Waals surface area contributed by atoms with E-state index in [1.807, 2.05) is 32.6 Å². The highest BCUT2D eigenvalue weighted by Crippen LogP contribution is 2.34. The highest BCUT2D eigenvalue weighted by Gasteiger charge is 2.30. The Morgan fingerprint density at radius 2 is 1.37 bits per heavy atom. The molecule has 0 aromatic heterocycles. The molecule has 0 saturated heterocycles. The van der Waals surface area contributed by atoms with Crippen LogP contribution in [0.15, 0.2) is 54.6 Å². The van der Waals surface area contributed by atoms with E-state index in [0.29, 0.717) is 41.1 Å². The molecule has 9 heteroatoms. The summed E-state index contributed by atoms with van der Waals surface area (Å²) in [4.78, 5) is 14.2. The first-order chi connectivity index (χ1) is 19.1. The van der Waals surface area contributed by atoms with Gasteiger partial charge in [-0.3, -0.25) is 9.69 Å². The number of benzene rings is 3. The Bertz CT molecular complexity index is 1310. The van der Waals surface area contributed by atoms with Gasteiger partial charge in [-0.05, 0) is 89.4 Å². The van der Waals surface area contributed by atoms with Crippen molar-refractivity contribution in [3.8, 4) is 11.1 Å². The minimum Gasteiger partial charge on any atom is -0.481 e. The molecule has 0 aliphatic heterocycles. The van der Waals surface area contributed by atoms with Gasteiger partial charge in [-0.15, -0.1) is 0 Å². The predicted molar refractivity (Wildman–Crippen MR) is 147 cm³/mol. The highest BCUT2D eigenvalue weighted by atomic mass is 19.4. The van der Waals surface area contributed by atoms with Crippen molar-refractivity contribution in [2.24, 2.45) is 11.8 Å². The van der Waals surface area contributed by atoms with E-state index in [-0.39, 0.29) is 24.6 Å². The third kappa shape index (κ3) is 9.08. The molecule has 0 radical (unpaired) electrons. The van der Waals surface area contributed by atoms with E-state index in [1.165, 1.54) is 12.1 Å². The molecule has 3 aromatic carbocycles. The number of alkyl halides is 3. The molecule has 0 spiro atoms. The van der Waals surface area contributed by atoms with E-state index >= 15 is 0 Å². The van der Waals surface area contributed by atoms with Crippen LogP contribution in [0.2, 0.25) is 0 Å². The van der Waals surface area contributed by atoms with Crippen LogP contribution in [-0.2, 0) is 24.1 Å². The predicted octanol–water partition coefficient (Wildman–Crippen LogP) is 9.05. The van der Waals surface area contributed by atoms with Gasteiger partial charge in [0, 0.05) is 13.1 Å². The quantitative estimate of drug-likeness (QED) is 0.172. The van der Waals surface area contributed by atoms with Crippen LogP contribution in [0.3, 0.4) is 0 Å². The summed E-state index contributed by atoms with van der Waals surface area (Å²) in [5.74, 6) is -5.57. The van der Waals surface area contributed by atoms with Crippen molar-refractivity contribution in [3.05, 3.63) is 94.3 Å². The van der Waals surface area contributed by atoms with Gasteiger partial charge in [-0.1, -0.05) is 52.0 Å². The van der Waals surface area contributed by atoms with Crippen LogP contribution in [0.1, 0.15) is 68.7 Å². The molecule has 1 unspecified atom stereocenters. The number of carboxylic acid groups (broad SMARTS) is 1. The van der Waals surface area contributed by atoms with Gasteiger partial charge in [0.2, 0.25) is 0 Å². The SMILES string of the molecule is CC(C)CCN(Cc1cc(-c2ccc(C(F)(F)F)cc2)cc(C(CC(C)C)C(=O)O)c1)Cc1cc(F)c(F)c(F)c1. The second-order valence-corrected chi connectivity index (χ2v) is 11.3. The summed E-state index contributed by atoms with van der Waals surface area (Å²) >= 11 is 0. The lowest BCUT2D eigenvalue weighted by molar-refractivity contribution is -0.139. The fraction of sp³-hybridized carbons (Fsp3) is 0.406. The number of hydrogen-bond donors (Lipinski definition) is 1. The van der Waals surface area contributed by atoms with Crippen LogP contribution in [0, 0.1) is 29.3 Å². The summed E-state index contributed by atoms with van der Waals surface area (Å²) in [5, 5.41) is 10.0. The van der Waals surface area contributed by atoms with E-state index in [1.54, 1.807) is 18.2 Å². The molecule has 3 nitrogen and oxygen atoms in total. The van der Waals surface area contributed by atoms with Crippen molar-refractivity contribution >= 4 is 5.97 Å². The normalized spacial score (nSPS) is 12.9. The smallest absolute Gasteiger partial charge is 0.416 e. The Morgan fingerprint density at radius 3 is 1.85 bits per heavy atom. The first-order valence-electron chi connectivity index (χ1n) is 13.5. The Balaban J connectivity index is 2.06. The molecular formula is C32H35F6NO2. The van der Waals surface area contributed by atoms with Gasteiger partial charge in [0.1, 0.15) is 0 Å². The number of carboxylic acids is 1. The lowest BCUT2D eigenvalue weighted by atomic mass is 9.87. The molecule has 0 saturated carbocycles. The van der Waals surface area contributed by atoms with Crippen molar-refractivity contribution in [1.82, 2.24) is 4.90 Å². The third-order valence-electron chi connectivity index (χ3n) is 6.85. The standard InChI is InChI=1S/C32H35F6NO2/c1-19(2)9-10-39(18-22-14-28(33)30(35)29(34)15-22)17-21-12-24(23-5-7-26(8-6-23)32(36,37)38)16-25(13-21)27(31(40)41)11-20(3)4/h5-8,12-16,19-20,27H,9-11,17-18H2,1-4H3,(H,40,41). The summed E-state index contributed by atoms with van der Waals surface area (Å²) in [5.41, 5.74) is 1.71. The van der Waals surface area contributed by atoms with E-state index < -0.39 is 41.1 Å². The Morgan fingerprint density at radius 1 is 0.805 bits per heavy atom. The summed E-state index contributed by atoms with van der Waals surface area (Å²) in [6.07, 6.45) is -3.38. The zero-order valence-corrected chi connectivity index (χ0v) is 23.5. The number of halogens is 6. The third-order valence-corrected chi connectivity index (χ3v) is 6.85. The van der Waals surface area contributed by atoms with Crippen molar-refractivity contribution in [2.45, 2.75) is 65.7 Å². The molecule has 3 rings (SSSR count). The van der Waals surface area contributed by atoms with Crippen molar-refractivity contribution in [3.63, 3.8) is 0 Å². The van der Waals surface area contributed by atoms with Crippen molar-refractivity contribution in [1.29, 1.82) is 0 Å². The summed E-state index contributed by atoms with van der Waals surface area (Å²) in [6.45, 7) is 8.78. The molecule has 0 amide bonds. The Labute approximate surface area is 236 Å². The maximum Gasteiger partial charge on any atom is 0.416 e. The number of nitrogens with zero attached hydrogens (tertiary/aromatic N) is 1. The van der Waals surface area contributed by atoms with Crippen molar-refractivity contribution in [2.75, 3.05) is 6.54 Å². The zero-order valence-electron chi connectivity index (χ0n) is 23.5. The summed E-state index contributed by atoms with van der Waals surface area (Å²) < 4.78 is 80.9. The molecule has 222 valence electrons. The number of aliphatic carboxylic acids is 1. The minimum atomic E-state index is -4.49. The average Bonchev–Trinajstić information content (AvgIpc) is 2.88. The highest BCUT2D eigenvalue weighted by molar-refractivity contribution is 5.77. The molecule has 3 aromatic rings. The topological polar surface area (TPSA) is 40.5 Å². The molecule has 1 N–H and O–H groups in total. The lowest BCUT2D eigenvalue weighted by Gasteiger charge is -2.25. The van der Waals surface area contributed by atoms with Gasteiger partial charge in [0.15, 0.2) is 17.5 Å². The lowest BCUT2D eigenvalue weighted by Crippen LogP contribution is -2.25. The molecule has 0 heterocycles. The van der Waals surface area contributed by atoms with Gasteiger partial charge >= 0.3 is 12.1 Å². The van der Waals surface area contributed by atoms with E-state index in [0.717, 1.165) is 30.7 Å². The monoisotopic (exact) mass is 579 g/mol. The fourth-order valence-corrected chi connectivity index (χ4v) is 4.75. The second kappa shape index (κ2) is 13.6.